The van der Waals surface area contributed by atoms with E-state index in [0.29, 0.717) is 0 Å². The molecule has 6 rings (SSSR count). The van der Waals surface area contributed by atoms with E-state index < -0.39 is 13.3 Å². The molecule has 4 nitrogen and oxygen atoms in total. The fourth-order valence-electron chi connectivity index (χ4n) is 5.89. The van der Waals surface area contributed by atoms with Crippen LogP contribution in [-0.2, 0) is 9.45 Å². The zero-order chi connectivity index (χ0) is 36.1. The third-order valence-electron chi connectivity index (χ3n) is 8.38. The van der Waals surface area contributed by atoms with E-state index in [1.807, 2.05) is 170 Å². The summed E-state index contributed by atoms with van der Waals surface area (Å²) in [6, 6.07) is 55.8. The first-order valence-electron chi connectivity index (χ1n) is 17.1. The van der Waals surface area contributed by atoms with Crippen LogP contribution in [0.1, 0.15) is 24.5 Å². The SMILES string of the molecule is CC/C(C(=O)/C=C/c1ccc(N(c2ccccc2)c2ccccc2)cc1)=C(\C=C\c1ccc(N(c2ccccc2)c2ccccc2)cc1)OB(F)F. The Morgan fingerprint density at radius 3 is 1.17 bits per heavy atom. The van der Waals surface area contributed by atoms with Gasteiger partial charge < -0.3 is 14.5 Å². The molecule has 256 valence electrons. The van der Waals surface area contributed by atoms with Crippen LogP contribution in [0, 0.1) is 0 Å². The first-order chi connectivity index (χ1) is 25.5. The molecule has 0 fully saturated rings. The second kappa shape index (κ2) is 17.5. The molecule has 0 radical (unpaired) electrons. The highest BCUT2D eigenvalue weighted by atomic mass is 19.2. The van der Waals surface area contributed by atoms with Crippen molar-refractivity contribution in [2.75, 3.05) is 9.80 Å². The summed E-state index contributed by atoms with van der Waals surface area (Å²) in [5, 5.41) is 0. The highest BCUT2D eigenvalue weighted by Crippen LogP contribution is 2.35. The van der Waals surface area contributed by atoms with Gasteiger partial charge in [0.15, 0.2) is 5.78 Å². The fourth-order valence-corrected chi connectivity index (χ4v) is 5.89. The van der Waals surface area contributed by atoms with Gasteiger partial charge in [-0.25, -0.2) is 8.63 Å². The van der Waals surface area contributed by atoms with Gasteiger partial charge in [0, 0.05) is 39.7 Å². The number of para-hydroxylation sites is 4. The maximum absolute atomic E-state index is 13.6. The van der Waals surface area contributed by atoms with Gasteiger partial charge in [-0.05, 0) is 102 Å². The monoisotopic (exact) mass is 686 g/mol. The lowest BCUT2D eigenvalue weighted by Gasteiger charge is -2.25. The number of anilines is 6. The third kappa shape index (κ3) is 9.00. The Morgan fingerprint density at radius 1 is 0.519 bits per heavy atom. The normalized spacial score (nSPS) is 11.7. The Hall–Kier alpha value is -6.47. The highest BCUT2D eigenvalue weighted by Gasteiger charge is 2.22. The van der Waals surface area contributed by atoms with E-state index in [9.17, 15) is 13.4 Å². The third-order valence-corrected chi connectivity index (χ3v) is 8.38. The van der Waals surface area contributed by atoms with Gasteiger partial charge in [0.1, 0.15) is 5.76 Å². The molecular formula is C45H37BF2N2O2. The van der Waals surface area contributed by atoms with Crippen LogP contribution in [0.3, 0.4) is 0 Å². The van der Waals surface area contributed by atoms with Crippen LogP contribution >= 0.6 is 0 Å². The van der Waals surface area contributed by atoms with Gasteiger partial charge in [-0.2, -0.15) is 0 Å². The van der Waals surface area contributed by atoms with Crippen LogP contribution in [0.4, 0.5) is 42.8 Å². The Balaban J connectivity index is 1.21. The molecule has 0 heterocycles. The number of benzene rings is 6. The molecule has 0 amide bonds. The molecule has 52 heavy (non-hydrogen) atoms. The van der Waals surface area contributed by atoms with Crippen molar-refractivity contribution >= 4 is 59.5 Å². The highest BCUT2D eigenvalue weighted by molar-refractivity contribution is 6.35. The number of nitrogens with zero attached hydrogens (tertiary/aromatic N) is 2. The molecule has 0 atom stereocenters. The van der Waals surface area contributed by atoms with Crippen LogP contribution in [0.5, 0.6) is 0 Å². The lowest BCUT2D eigenvalue weighted by Crippen LogP contribution is -2.10. The smallest absolute Gasteiger partial charge is 0.505 e. The van der Waals surface area contributed by atoms with E-state index in [1.54, 1.807) is 19.1 Å². The molecule has 0 N–H and O–H groups in total. The minimum atomic E-state index is -3.09. The Labute approximate surface area is 304 Å². The van der Waals surface area contributed by atoms with Crippen LogP contribution in [0.15, 0.2) is 193 Å². The number of hydrogen-bond acceptors (Lipinski definition) is 4. The average molecular weight is 687 g/mol. The second-order valence-corrected chi connectivity index (χ2v) is 11.8. The van der Waals surface area contributed by atoms with Gasteiger partial charge in [-0.3, -0.25) is 4.79 Å². The van der Waals surface area contributed by atoms with Gasteiger partial charge >= 0.3 is 7.47 Å². The number of allylic oxidation sites excluding steroid dienone is 3. The van der Waals surface area contributed by atoms with Gasteiger partial charge in [0.05, 0.1) is 0 Å². The molecule has 0 bridgehead atoms. The molecule has 0 aliphatic carbocycles. The first-order valence-corrected chi connectivity index (χ1v) is 17.1. The Kier molecular flexibility index (Phi) is 11.9. The summed E-state index contributed by atoms with van der Waals surface area (Å²) in [6.07, 6.45) is 6.41. The molecule has 6 aromatic carbocycles. The van der Waals surface area contributed by atoms with Crippen LogP contribution in [-0.4, -0.2) is 13.3 Å². The lowest BCUT2D eigenvalue weighted by atomic mass is 10.0. The molecule has 0 saturated carbocycles. The predicted octanol–water partition coefficient (Wildman–Crippen LogP) is 12.5. The lowest BCUT2D eigenvalue weighted by molar-refractivity contribution is -0.111. The summed E-state index contributed by atoms with van der Waals surface area (Å²) in [4.78, 5) is 17.7. The number of halogens is 2. The van der Waals surface area contributed by atoms with Crippen molar-refractivity contribution in [1.29, 1.82) is 0 Å². The molecular weight excluding hydrogens is 649 g/mol. The van der Waals surface area contributed by atoms with Crippen molar-refractivity contribution in [2.45, 2.75) is 13.3 Å². The van der Waals surface area contributed by atoms with E-state index in [-0.39, 0.29) is 17.8 Å². The van der Waals surface area contributed by atoms with Crippen LogP contribution in [0.25, 0.3) is 12.2 Å². The molecule has 0 spiro atoms. The largest absolute Gasteiger partial charge is 0.796 e. The van der Waals surface area contributed by atoms with Crippen molar-refractivity contribution in [3.05, 3.63) is 204 Å². The van der Waals surface area contributed by atoms with Crippen molar-refractivity contribution in [3.63, 3.8) is 0 Å². The second-order valence-electron chi connectivity index (χ2n) is 11.8. The van der Waals surface area contributed by atoms with E-state index in [1.165, 1.54) is 12.2 Å². The summed E-state index contributed by atoms with van der Waals surface area (Å²) in [6.45, 7) is 1.75. The number of ketones is 1. The Morgan fingerprint density at radius 2 is 0.846 bits per heavy atom. The molecule has 0 aromatic heterocycles. The standard InChI is InChI=1S/C45H37BF2N2O2/c1-2-43(44(51)33-27-35-23-29-41(30-24-35)49(37-15-7-3-8-16-37)38-17-9-4-10-18-38)45(52-46(47)48)34-28-36-25-31-42(32-26-36)50(39-19-11-5-12-20-39)40-21-13-6-14-22-40/h3-34H,2H2,1H3/b33-27+,34-28+,45-43-. The molecule has 0 aliphatic rings. The number of carbonyl (C=O) groups excluding carboxylic acids is 1. The van der Waals surface area contributed by atoms with Crippen LogP contribution in [0.2, 0.25) is 0 Å². The summed E-state index contributed by atoms with van der Waals surface area (Å²) in [5.74, 6) is -0.568. The maximum atomic E-state index is 13.6. The molecule has 0 aliphatic heterocycles. The first kappa shape index (κ1) is 35.4. The van der Waals surface area contributed by atoms with E-state index in [4.69, 9.17) is 4.65 Å². The zero-order valence-electron chi connectivity index (χ0n) is 28.7. The summed E-state index contributed by atoms with van der Waals surface area (Å²) in [7, 11) is -3.09. The van der Waals surface area contributed by atoms with E-state index in [0.717, 1.165) is 45.3 Å². The molecule has 6 aromatic rings. The number of carbonyl (C=O) groups is 1. The minimum absolute atomic E-state index is 0.153. The Bertz CT molecular complexity index is 2040. The van der Waals surface area contributed by atoms with Gasteiger partial charge in [0.25, 0.3) is 0 Å². The van der Waals surface area contributed by atoms with Crippen LogP contribution < -0.4 is 9.80 Å². The summed E-state index contributed by atoms with van der Waals surface area (Å²) < 4.78 is 32.1. The molecule has 0 saturated heterocycles. The predicted molar refractivity (Wildman–Crippen MR) is 212 cm³/mol. The average Bonchev–Trinajstić information content (AvgIpc) is 3.19. The van der Waals surface area contributed by atoms with Gasteiger partial charge in [0.2, 0.25) is 0 Å². The summed E-state index contributed by atoms with van der Waals surface area (Å²) >= 11 is 0. The number of hydrogen-bond donors (Lipinski definition) is 0. The summed E-state index contributed by atoms with van der Waals surface area (Å²) in [5.41, 5.74) is 7.63. The van der Waals surface area contributed by atoms with Crippen molar-refractivity contribution < 1.29 is 18.1 Å². The zero-order valence-corrected chi connectivity index (χ0v) is 28.7. The quantitative estimate of drug-likeness (QED) is 0.0494. The van der Waals surface area contributed by atoms with E-state index in [2.05, 4.69) is 9.80 Å². The van der Waals surface area contributed by atoms with Crippen molar-refractivity contribution in [2.24, 2.45) is 0 Å². The fraction of sp³-hybridized carbons (Fsp3) is 0.0444. The minimum Gasteiger partial charge on any atom is -0.505 e. The van der Waals surface area contributed by atoms with Gasteiger partial charge in [-0.15, -0.1) is 0 Å². The topological polar surface area (TPSA) is 32.8 Å². The van der Waals surface area contributed by atoms with Gasteiger partial charge in [-0.1, -0.05) is 116 Å². The van der Waals surface area contributed by atoms with Crippen molar-refractivity contribution in [1.82, 2.24) is 0 Å². The molecule has 0 unspecified atom stereocenters. The molecule has 7 heteroatoms. The number of rotatable bonds is 14. The van der Waals surface area contributed by atoms with E-state index >= 15 is 0 Å². The maximum Gasteiger partial charge on any atom is 0.796 e. The van der Waals surface area contributed by atoms with Crippen molar-refractivity contribution in [3.8, 4) is 0 Å².